The van der Waals surface area contributed by atoms with Gasteiger partial charge in [-0.1, -0.05) is 35.2 Å². The van der Waals surface area contributed by atoms with Crippen LogP contribution in [0.5, 0.6) is 0 Å². The lowest BCUT2D eigenvalue weighted by Gasteiger charge is -2.24. The molecule has 2 rings (SSSR count). The van der Waals surface area contributed by atoms with Crippen molar-refractivity contribution < 1.29 is 9.18 Å². The lowest BCUT2D eigenvalue weighted by Crippen LogP contribution is -2.16. The van der Waals surface area contributed by atoms with Gasteiger partial charge in [0.1, 0.15) is 5.82 Å². The molecule has 0 unspecified atom stereocenters. The number of carbonyl (C=O) groups excluding carboxylic acids is 1. The van der Waals surface area contributed by atoms with Gasteiger partial charge in [-0.2, -0.15) is 0 Å². The summed E-state index contributed by atoms with van der Waals surface area (Å²) in [7, 11) is 0. The molecular formula is C12H12BrFO. The molecule has 1 fully saturated rings. The molecule has 1 nitrogen and oxygen atoms in total. The third-order valence-corrected chi connectivity index (χ3v) is 3.62. The molecule has 0 amide bonds. The largest absolute Gasteiger partial charge is 0.294 e. The fourth-order valence-electron chi connectivity index (χ4n) is 1.78. The Hall–Kier alpha value is -0.700. The van der Waals surface area contributed by atoms with Crippen molar-refractivity contribution in [3.8, 4) is 0 Å². The quantitative estimate of drug-likeness (QED) is 0.760. The normalized spacial score (nSPS) is 16.1. The van der Waals surface area contributed by atoms with Gasteiger partial charge in [0, 0.05) is 16.5 Å². The van der Waals surface area contributed by atoms with Gasteiger partial charge >= 0.3 is 0 Å². The summed E-state index contributed by atoms with van der Waals surface area (Å²) in [6, 6.07) is 4.25. The van der Waals surface area contributed by atoms with E-state index in [4.69, 9.17) is 0 Å². The standard InChI is InChI=1S/C12H12BrFO/c13-11-5-4-9(14)7-10(11)12(15)6-8-2-1-3-8/h4-5,7-8H,1-3,6H2. The molecule has 0 spiro atoms. The van der Waals surface area contributed by atoms with Gasteiger partial charge in [0.2, 0.25) is 0 Å². The van der Waals surface area contributed by atoms with Crippen molar-refractivity contribution in [2.45, 2.75) is 25.7 Å². The van der Waals surface area contributed by atoms with Gasteiger partial charge in [-0.05, 0) is 24.1 Å². The number of ketones is 1. The average molecular weight is 271 g/mol. The minimum Gasteiger partial charge on any atom is -0.294 e. The molecular weight excluding hydrogens is 259 g/mol. The zero-order valence-corrected chi connectivity index (χ0v) is 9.89. The number of hydrogen-bond donors (Lipinski definition) is 0. The Labute approximate surface area is 96.8 Å². The topological polar surface area (TPSA) is 17.1 Å². The van der Waals surface area contributed by atoms with Crippen LogP contribution >= 0.6 is 15.9 Å². The van der Waals surface area contributed by atoms with Crippen LogP contribution in [-0.2, 0) is 0 Å². The lowest BCUT2D eigenvalue weighted by atomic mass is 9.81. The highest BCUT2D eigenvalue weighted by Gasteiger charge is 2.22. The molecule has 1 aliphatic rings. The third-order valence-electron chi connectivity index (χ3n) is 2.93. The van der Waals surface area contributed by atoms with E-state index in [9.17, 15) is 9.18 Å². The number of Topliss-reactive ketones (excluding diaryl/α,β-unsaturated/α-hetero) is 1. The summed E-state index contributed by atoms with van der Waals surface area (Å²) in [5.41, 5.74) is 0.474. The molecule has 1 aromatic rings. The highest BCUT2D eigenvalue weighted by atomic mass is 79.9. The van der Waals surface area contributed by atoms with E-state index in [2.05, 4.69) is 15.9 Å². The van der Waals surface area contributed by atoms with E-state index in [0.29, 0.717) is 22.4 Å². The second kappa shape index (κ2) is 4.44. The maximum atomic E-state index is 13.0. The van der Waals surface area contributed by atoms with Gasteiger partial charge in [-0.3, -0.25) is 4.79 Å². The number of halogens is 2. The van der Waals surface area contributed by atoms with Gasteiger partial charge in [0.15, 0.2) is 5.78 Å². The first-order chi connectivity index (χ1) is 7.16. The van der Waals surface area contributed by atoms with Crippen molar-refractivity contribution in [2.75, 3.05) is 0 Å². The van der Waals surface area contributed by atoms with Crippen LogP contribution in [0.2, 0.25) is 0 Å². The van der Waals surface area contributed by atoms with Crippen molar-refractivity contribution in [3.05, 3.63) is 34.1 Å². The number of benzene rings is 1. The van der Waals surface area contributed by atoms with Crippen LogP contribution in [0, 0.1) is 11.7 Å². The van der Waals surface area contributed by atoms with E-state index >= 15 is 0 Å². The first kappa shape index (κ1) is 10.8. The molecule has 0 saturated heterocycles. The summed E-state index contributed by atoms with van der Waals surface area (Å²) in [5.74, 6) is 0.217. The van der Waals surface area contributed by atoms with Gasteiger partial charge in [-0.15, -0.1) is 0 Å². The molecule has 0 atom stereocenters. The summed E-state index contributed by atoms with van der Waals surface area (Å²) in [5, 5.41) is 0. The van der Waals surface area contributed by atoms with Gasteiger partial charge < -0.3 is 0 Å². The van der Waals surface area contributed by atoms with Crippen LogP contribution in [0.4, 0.5) is 4.39 Å². The summed E-state index contributed by atoms with van der Waals surface area (Å²) < 4.78 is 13.7. The third kappa shape index (κ3) is 2.46. The SMILES string of the molecule is O=C(CC1CCC1)c1cc(F)ccc1Br. The Bertz CT molecular complexity index is 385. The predicted molar refractivity (Wildman–Crippen MR) is 60.4 cm³/mol. The van der Waals surface area contributed by atoms with Gasteiger partial charge in [-0.25, -0.2) is 4.39 Å². The highest BCUT2D eigenvalue weighted by Crippen LogP contribution is 2.31. The molecule has 80 valence electrons. The molecule has 0 aliphatic heterocycles. The zero-order chi connectivity index (χ0) is 10.8. The van der Waals surface area contributed by atoms with Crippen LogP contribution in [-0.4, -0.2) is 5.78 Å². The average Bonchev–Trinajstić information content (AvgIpc) is 2.15. The molecule has 0 radical (unpaired) electrons. The van der Waals surface area contributed by atoms with Crippen molar-refractivity contribution in [1.82, 2.24) is 0 Å². The summed E-state index contributed by atoms with van der Waals surface area (Å²) in [6.45, 7) is 0. The van der Waals surface area contributed by atoms with Crippen molar-refractivity contribution in [2.24, 2.45) is 5.92 Å². The van der Waals surface area contributed by atoms with E-state index in [0.717, 1.165) is 12.8 Å². The predicted octanol–water partition coefficient (Wildman–Crippen LogP) is 3.96. The van der Waals surface area contributed by atoms with E-state index in [-0.39, 0.29) is 11.6 Å². The molecule has 0 aromatic heterocycles. The summed E-state index contributed by atoms with van der Waals surface area (Å²) in [4.78, 5) is 11.8. The second-order valence-electron chi connectivity index (χ2n) is 4.05. The Balaban J connectivity index is 2.12. The van der Waals surface area contributed by atoms with E-state index in [1.54, 1.807) is 6.07 Å². The number of carbonyl (C=O) groups is 1. The first-order valence-electron chi connectivity index (χ1n) is 5.15. The maximum absolute atomic E-state index is 13.0. The Morgan fingerprint density at radius 1 is 1.47 bits per heavy atom. The zero-order valence-electron chi connectivity index (χ0n) is 8.30. The molecule has 1 saturated carbocycles. The van der Waals surface area contributed by atoms with Crippen molar-refractivity contribution >= 4 is 21.7 Å². The maximum Gasteiger partial charge on any atom is 0.164 e. The smallest absolute Gasteiger partial charge is 0.164 e. The fourth-order valence-corrected chi connectivity index (χ4v) is 2.25. The van der Waals surface area contributed by atoms with Crippen molar-refractivity contribution in [1.29, 1.82) is 0 Å². The van der Waals surface area contributed by atoms with E-state index < -0.39 is 0 Å². The number of rotatable bonds is 3. The van der Waals surface area contributed by atoms with Crippen LogP contribution in [0.3, 0.4) is 0 Å². The molecule has 0 bridgehead atoms. The molecule has 1 aliphatic carbocycles. The Kier molecular flexibility index (Phi) is 3.19. The fraction of sp³-hybridized carbons (Fsp3) is 0.417. The monoisotopic (exact) mass is 270 g/mol. The van der Waals surface area contributed by atoms with Gasteiger partial charge in [0.05, 0.1) is 0 Å². The summed E-state index contributed by atoms with van der Waals surface area (Å²) in [6.07, 6.45) is 4.06. The van der Waals surface area contributed by atoms with E-state index in [1.807, 2.05) is 0 Å². The molecule has 0 heterocycles. The van der Waals surface area contributed by atoms with Crippen molar-refractivity contribution in [3.63, 3.8) is 0 Å². The van der Waals surface area contributed by atoms with Gasteiger partial charge in [0.25, 0.3) is 0 Å². The minimum atomic E-state index is -0.352. The highest BCUT2D eigenvalue weighted by molar-refractivity contribution is 9.10. The first-order valence-corrected chi connectivity index (χ1v) is 5.94. The lowest BCUT2D eigenvalue weighted by molar-refractivity contribution is 0.0935. The van der Waals surface area contributed by atoms with Crippen LogP contribution in [0.1, 0.15) is 36.0 Å². The molecule has 0 N–H and O–H groups in total. The Morgan fingerprint density at radius 2 is 2.20 bits per heavy atom. The van der Waals surface area contributed by atoms with Crippen LogP contribution in [0.25, 0.3) is 0 Å². The molecule has 15 heavy (non-hydrogen) atoms. The van der Waals surface area contributed by atoms with Crippen LogP contribution in [0.15, 0.2) is 22.7 Å². The number of hydrogen-bond acceptors (Lipinski definition) is 1. The van der Waals surface area contributed by atoms with Crippen LogP contribution < -0.4 is 0 Å². The van der Waals surface area contributed by atoms with E-state index in [1.165, 1.54) is 18.6 Å². The minimum absolute atomic E-state index is 0.0473. The summed E-state index contributed by atoms with van der Waals surface area (Å²) >= 11 is 3.27. The molecule has 3 heteroatoms. The second-order valence-corrected chi connectivity index (χ2v) is 4.90. The molecule has 1 aromatic carbocycles. The Morgan fingerprint density at radius 3 is 2.80 bits per heavy atom.